The van der Waals surface area contributed by atoms with Gasteiger partial charge in [-0.2, -0.15) is 0 Å². The average Bonchev–Trinajstić information content (AvgIpc) is 2.87. The number of nitrogens with one attached hydrogen (secondary N) is 1. The van der Waals surface area contributed by atoms with Crippen LogP contribution in [0.4, 0.5) is 0 Å². The van der Waals surface area contributed by atoms with Crippen molar-refractivity contribution >= 4 is 11.3 Å². The lowest BCUT2D eigenvalue weighted by Gasteiger charge is -2.09. The van der Waals surface area contributed by atoms with Gasteiger partial charge in [0.05, 0.1) is 12.3 Å². The Morgan fingerprint density at radius 3 is 3.00 bits per heavy atom. The molecule has 0 radical (unpaired) electrons. The molecule has 0 bridgehead atoms. The number of thiophene rings is 1. The van der Waals surface area contributed by atoms with Crippen LogP contribution in [0.3, 0.4) is 0 Å². The first kappa shape index (κ1) is 9.49. The van der Waals surface area contributed by atoms with Crippen molar-refractivity contribution in [1.82, 2.24) is 5.32 Å². The molecule has 14 heavy (non-hydrogen) atoms. The van der Waals surface area contributed by atoms with Crippen LogP contribution in [-0.2, 0) is 6.54 Å². The Kier molecular flexibility index (Phi) is 3.01. The first-order valence-corrected chi connectivity index (χ1v) is 5.53. The van der Waals surface area contributed by atoms with Gasteiger partial charge in [0.15, 0.2) is 0 Å². The lowest BCUT2D eigenvalue weighted by molar-refractivity contribution is 0.431. The van der Waals surface area contributed by atoms with Crippen LogP contribution in [-0.4, -0.2) is 0 Å². The summed E-state index contributed by atoms with van der Waals surface area (Å²) in [7, 11) is 0. The van der Waals surface area contributed by atoms with E-state index in [9.17, 15) is 0 Å². The molecule has 3 heteroatoms. The molecular formula is C11H13NOS. The van der Waals surface area contributed by atoms with Crippen LogP contribution in [0.25, 0.3) is 0 Å². The molecule has 0 fully saturated rings. The molecule has 2 aromatic rings. The van der Waals surface area contributed by atoms with Crippen molar-refractivity contribution in [2.24, 2.45) is 0 Å². The molecule has 1 atom stereocenters. The van der Waals surface area contributed by atoms with Gasteiger partial charge in [-0.1, -0.05) is 6.07 Å². The summed E-state index contributed by atoms with van der Waals surface area (Å²) in [5, 5.41) is 5.50. The standard InChI is InChI=1S/C11H13NOS/c1-9(11-5-2-6-13-11)12-8-10-4-3-7-14-10/h2-7,9,12H,8H2,1H3/t9-/m1/s1. The summed E-state index contributed by atoms with van der Waals surface area (Å²) < 4.78 is 5.31. The highest BCUT2D eigenvalue weighted by atomic mass is 32.1. The molecule has 0 saturated carbocycles. The fraction of sp³-hybridized carbons (Fsp3) is 0.273. The molecule has 2 nitrogen and oxygen atoms in total. The number of hydrogen-bond donors (Lipinski definition) is 1. The highest BCUT2D eigenvalue weighted by molar-refractivity contribution is 7.09. The Morgan fingerprint density at radius 1 is 1.43 bits per heavy atom. The average molecular weight is 207 g/mol. The highest BCUT2D eigenvalue weighted by Gasteiger charge is 2.06. The summed E-state index contributed by atoms with van der Waals surface area (Å²) in [5.74, 6) is 0.988. The van der Waals surface area contributed by atoms with Gasteiger partial charge in [-0.05, 0) is 30.5 Å². The van der Waals surface area contributed by atoms with E-state index in [1.54, 1.807) is 17.6 Å². The fourth-order valence-corrected chi connectivity index (χ4v) is 1.96. The lowest BCUT2D eigenvalue weighted by atomic mass is 10.2. The van der Waals surface area contributed by atoms with E-state index in [-0.39, 0.29) is 6.04 Å². The van der Waals surface area contributed by atoms with Crippen LogP contribution < -0.4 is 5.32 Å². The molecule has 1 N–H and O–H groups in total. The third-order valence-corrected chi connectivity index (χ3v) is 3.01. The quantitative estimate of drug-likeness (QED) is 0.833. The molecule has 0 saturated heterocycles. The van der Waals surface area contributed by atoms with Crippen LogP contribution in [0.5, 0.6) is 0 Å². The summed E-state index contributed by atoms with van der Waals surface area (Å²) in [5.41, 5.74) is 0. The molecule has 0 aromatic carbocycles. The first-order chi connectivity index (χ1) is 6.86. The van der Waals surface area contributed by atoms with Crippen molar-refractivity contribution in [2.45, 2.75) is 19.5 Å². The molecule has 0 unspecified atom stereocenters. The largest absolute Gasteiger partial charge is 0.468 e. The maximum Gasteiger partial charge on any atom is 0.120 e. The fourth-order valence-electron chi connectivity index (χ4n) is 1.31. The van der Waals surface area contributed by atoms with E-state index in [4.69, 9.17) is 4.42 Å². The lowest BCUT2D eigenvalue weighted by Crippen LogP contribution is -2.16. The topological polar surface area (TPSA) is 25.2 Å². The number of furan rings is 1. The van der Waals surface area contributed by atoms with Gasteiger partial charge in [-0.25, -0.2) is 0 Å². The highest BCUT2D eigenvalue weighted by Crippen LogP contribution is 2.14. The summed E-state index contributed by atoms with van der Waals surface area (Å²) in [4.78, 5) is 1.35. The van der Waals surface area contributed by atoms with E-state index in [2.05, 4.69) is 29.8 Å². The van der Waals surface area contributed by atoms with Gasteiger partial charge >= 0.3 is 0 Å². The predicted molar refractivity (Wildman–Crippen MR) is 58.3 cm³/mol. The second-order valence-electron chi connectivity index (χ2n) is 3.20. The van der Waals surface area contributed by atoms with Crippen LogP contribution in [0.2, 0.25) is 0 Å². The molecule has 74 valence electrons. The zero-order valence-electron chi connectivity index (χ0n) is 8.07. The van der Waals surface area contributed by atoms with Crippen molar-refractivity contribution in [3.8, 4) is 0 Å². The van der Waals surface area contributed by atoms with E-state index >= 15 is 0 Å². The molecule has 2 rings (SSSR count). The van der Waals surface area contributed by atoms with Gasteiger partial charge in [-0.3, -0.25) is 0 Å². The Bertz CT molecular complexity index is 353. The van der Waals surface area contributed by atoms with Crippen molar-refractivity contribution in [3.05, 3.63) is 46.5 Å². The van der Waals surface area contributed by atoms with E-state index in [0.29, 0.717) is 0 Å². The van der Waals surface area contributed by atoms with Crippen LogP contribution in [0, 0.1) is 0 Å². The molecule has 0 spiro atoms. The van der Waals surface area contributed by atoms with Crippen molar-refractivity contribution < 1.29 is 4.42 Å². The maximum atomic E-state index is 5.31. The van der Waals surface area contributed by atoms with Crippen LogP contribution in [0.15, 0.2) is 40.3 Å². The molecule has 0 aliphatic heterocycles. The molecular weight excluding hydrogens is 194 g/mol. The predicted octanol–water partition coefficient (Wildman–Crippen LogP) is 3.19. The monoisotopic (exact) mass is 207 g/mol. The molecule has 0 aliphatic carbocycles. The minimum Gasteiger partial charge on any atom is -0.468 e. The van der Waals surface area contributed by atoms with Crippen LogP contribution in [0.1, 0.15) is 23.6 Å². The van der Waals surface area contributed by atoms with Gasteiger partial charge < -0.3 is 9.73 Å². The zero-order chi connectivity index (χ0) is 9.80. The van der Waals surface area contributed by atoms with E-state index in [1.807, 2.05) is 12.1 Å². The SMILES string of the molecule is C[C@@H](NCc1cccs1)c1ccco1. The van der Waals surface area contributed by atoms with Gasteiger partial charge in [0.1, 0.15) is 5.76 Å². The Hall–Kier alpha value is -1.06. The van der Waals surface area contributed by atoms with Gasteiger partial charge in [0, 0.05) is 11.4 Å². The van der Waals surface area contributed by atoms with Crippen molar-refractivity contribution in [3.63, 3.8) is 0 Å². The van der Waals surface area contributed by atoms with Crippen molar-refractivity contribution in [2.75, 3.05) is 0 Å². The smallest absolute Gasteiger partial charge is 0.120 e. The molecule has 2 aromatic heterocycles. The van der Waals surface area contributed by atoms with E-state index in [1.165, 1.54) is 4.88 Å². The summed E-state index contributed by atoms with van der Waals surface area (Å²) in [6.45, 7) is 3.01. The second-order valence-corrected chi connectivity index (χ2v) is 4.23. The van der Waals surface area contributed by atoms with E-state index < -0.39 is 0 Å². The Balaban J connectivity index is 1.87. The Morgan fingerprint density at radius 2 is 2.36 bits per heavy atom. The first-order valence-electron chi connectivity index (χ1n) is 4.65. The minimum absolute atomic E-state index is 0.270. The molecule has 0 aliphatic rings. The summed E-state index contributed by atoms with van der Waals surface area (Å²) in [6, 6.07) is 8.38. The van der Waals surface area contributed by atoms with Gasteiger partial charge in [-0.15, -0.1) is 11.3 Å². The van der Waals surface area contributed by atoms with Gasteiger partial charge in [0.2, 0.25) is 0 Å². The Labute approximate surface area is 87.6 Å². The number of hydrogen-bond acceptors (Lipinski definition) is 3. The van der Waals surface area contributed by atoms with Crippen LogP contribution >= 0.6 is 11.3 Å². The van der Waals surface area contributed by atoms with Crippen molar-refractivity contribution in [1.29, 1.82) is 0 Å². The normalized spacial score (nSPS) is 12.9. The van der Waals surface area contributed by atoms with Gasteiger partial charge in [0.25, 0.3) is 0 Å². The number of rotatable bonds is 4. The second kappa shape index (κ2) is 4.44. The molecule has 2 heterocycles. The summed E-state index contributed by atoms with van der Waals surface area (Å²) in [6.07, 6.45) is 1.71. The zero-order valence-corrected chi connectivity index (χ0v) is 8.88. The minimum atomic E-state index is 0.270. The third kappa shape index (κ3) is 2.25. The third-order valence-electron chi connectivity index (χ3n) is 2.13. The molecule has 0 amide bonds. The summed E-state index contributed by atoms with van der Waals surface area (Å²) >= 11 is 1.77. The van der Waals surface area contributed by atoms with E-state index in [0.717, 1.165) is 12.3 Å². The maximum absolute atomic E-state index is 5.31.